The molecule has 90 heavy (non-hydrogen) atoms. The van der Waals surface area contributed by atoms with E-state index >= 15 is 0 Å². The molecule has 0 saturated heterocycles. The van der Waals surface area contributed by atoms with Gasteiger partial charge in [0, 0.05) is 58.8 Å². The zero-order valence-electron chi connectivity index (χ0n) is 54.3. The molecule has 0 spiro atoms. The first-order valence-corrected chi connectivity index (χ1v) is 31.8. The van der Waals surface area contributed by atoms with Gasteiger partial charge in [0.05, 0.1) is 51.1 Å². The largest absolute Gasteiger partial charge is 0.481 e. The lowest BCUT2D eigenvalue weighted by atomic mass is 9.98. The highest BCUT2D eigenvalue weighted by molar-refractivity contribution is 7.78. The standard InChI is InChI=1S/C51H90N8O18S.C5H10O2.C3H8.CH4O/c52-48(67)38(59-78)18-15-16-26-53-42(61)23-20-40(50(70)71)57-45(64)25-22-41(51(72)73)58-47(66)37-77-35-33-75-31-28-55-46(65)36-76-34-32-74-30-27-54-43(62)24-21-39(49(68)69)56-44(63)19-14-12-10-8-6-4-2-1-3-5-7-9-11-13-17-29-60;1-5(2,3)4(6)7;1-3-2;1-2/h29,38-41,59,78H,1-28,30-37H2,(H2,52,67)(H,53,61)(H,54,62)(H,55,65)(H,56,63)(H,57,64)(H,58,66)(H,68,69)(H,70,71)(H,72,73);1-3H3,(H,6,7);3H2,1-2H3;2H,1H3/t38?,39?,40?,41-;;;/m0.../s1. The van der Waals surface area contributed by atoms with Gasteiger partial charge in [0.2, 0.25) is 41.4 Å². The summed E-state index contributed by atoms with van der Waals surface area (Å²) in [7, 11) is 1.00. The molecule has 7 amide bonds. The lowest BCUT2D eigenvalue weighted by Crippen LogP contribution is -2.45. The van der Waals surface area contributed by atoms with Crippen LogP contribution in [-0.2, 0) is 76.5 Å². The summed E-state index contributed by atoms with van der Waals surface area (Å²) >= 11 is 3.83. The zero-order chi connectivity index (χ0) is 68.8. The molecule has 0 rings (SSSR count). The van der Waals surface area contributed by atoms with Crippen molar-refractivity contribution in [3.63, 3.8) is 0 Å². The van der Waals surface area contributed by atoms with Gasteiger partial charge in [-0.05, 0) is 72.1 Å². The Morgan fingerprint density at radius 1 is 0.433 bits per heavy atom. The summed E-state index contributed by atoms with van der Waals surface area (Å²) in [5.41, 5.74) is 4.64. The molecule has 3 unspecified atom stereocenters. The molecule has 524 valence electrons. The predicted octanol–water partition coefficient (Wildman–Crippen LogP) is 3.49. The number of carboxylic acids is 4. The Labute approximate surface area is 537 Å². The first-order chi connectivity index (χ1) is 42.9. The van der Waals surface area contributed by atoms with Gasteiger partial charge in [-0.2, -0.15) is 0 Å². The number of primary amides is 1. The number of unbranched alkanes of at least 4 members (excludes halogenated alkanes) is 15. The predicted molar refractivity (Wildman–Crippen MR) is 339 cm³/mol. The Morgan fingerprint density at radius 2 is 0.767 bits per heavy atom. The monoisotopic (exact) mass is 1310 g/mol. The van der Waals surface area contributed by atoms with Gasteiger partial charge in [-0.15, -0.1) is 0 Å². The van der Waals surface area contributed by atoms with Gasteiger partial charge in [-0.3, -0.25) is 43.1 Å². The van der Waals surface area contributed by atoms with E-state index < -0.39 is 96.0 Å². The first kappa shape index (κ1) is 90.4. The van der Waals surface area contributed by atoms with E-state index in [4.69, 9.17) is 34.9 Å². The molecule has 0 aromatic carbocycles. The maximum atomic E-state index is 12.5. The molecule has 0 aliphatic rings. The smallest absolute Gasteiger partial charge is 0.326 e. The zero-order valence-corrected chi connectivity index (χ0v) is 55.2. The van der Waals surface area contributed by atoms with Gasteiger partial charge < -0.3 is 86.9 Å². The minimum absolute atomic E-state index is 0.0384. The molecule has 4 atom stereocenters. The Hall–Kier alpha value is -6.05. The summed E-state index contributed by atoms with van der Waals surface area (Å²) in [6, 6.07) is -4.70. The van der Waals surface area contributed by atoms with Gasteiger partial charge in [0.25, 0.3) is 0 Å². The normalized spacial score (nSPS) is 12.0. The topological polar surface area (TPSA) is 453 Å². The van der Waals surface area contributed by atoms with Crippen LogP contribution in [0.5, 0.6) is 0 Å². The third-order valence-electron chi connectivity index (χ3n) is 12.6. The second kappa shape index (κ2) is 63.1. The number of hydrogen-bond acceptors (Lipinski definition) is 19. The van der Waals surface area contributed by atoms with Crippen molar-refractivity contribution in [3.05, 3.63) is 0 Å². The van der Waals surface area contributed by atoms with Crippen LogP contribution >= 0.6 is 12.8 Å². The number of hydrogen-bond donors (Lipinski definition) is 14. The molecule has 0 fully saturated rings. The van der Waals surface area contributed by atoms with Gasteiger partial charge in [0.15, 0.2) is 0 Å². The summed E-state index contributed by atoms with van der Waals surface area (Å²) < 4.78 is 23.7. The van der Waals surface area contributed by atoms with Crippen LogP contribution in [0.4, 0.5) is 0 Å². The number of carbonyl (C=O) groups excluding carboxylic acids is 8. The fourth-order valence-corrected chi connectivity index (χ4v) is 7.75. The quantitative estimate of drug-likeness (QED) is 0.0235. The van der Waals surface area contributed by atoms with Crippen LogP contribution < -0.4 is 42.4 Å². The fourth-order valence-electron chi connectivity index (χ4n) is 7.50. The molecule has 14 N–H and O–H groups in total. The van der Waals surface area contributed by atoms with Crippen molar-refractivity contribution >= 4 is 84.3 Å². The average molecular weight is 1310 g/mol. The highest BCUT2D eigenvalue weighted by Gasteiger charge is 2.25. The number of aliphatic hydroxyl groups excluding tert-OH is 1. The van der Waals surface area contributed by atoms with E-state index in [-0.39, 0.29) is 116 Å². The Morgan fingerprint density at radius 3 is 1.14 bits per heavy atom. The van der Waals surface area contributed by atoms with Crippen molar-refractivity contribution in [1.29, 1.82) is 0 Å². The Kier molecular flexibility index (Phi) is 63.4. The van der Waals surface area contributed by atoms with E-state index in [0.29, 0.717) is 32.1 Å². The molecular formula is C60H112N8O21S. The van der Waals surface area contributed by atoms with Crippen LogP contribution in [0.2, 0.25) is 0 Å². The van der Waals surface area contributed by atoms with Crippen molar-refractivity contribution < 1.29 is 102 Å². The molecule has 0 saturated carbocycles. The maximum Gasteiger partial charge on any atom is 0.326 e. The minimum Gasteiger partial charge on any atom is -0.481 e. The van der Waals surface area contributed by atoms with Crippen molar-refractivity contribution in [1.82, 2.24) is 36.6 Å². The van der Waals surface area contributed by atoms with Crippen molar-refractivity contribution in [3.8, 4) is 0 Å². The molecule has 29 nitrogen and oxygen atoms in total. The number of rotatable bonds is 55. The van der Waals surface area contributed by atoms with Crippen LogP contribution in [-0.4, -0.2) is 201 Å². The third kappa shape index (κ3) is 62.2. The highest BCUT2D eigenvalue weighted by Crippen LogP contribution is 2.15. The number of carboxylic acid groups (broad SMARTS) is 4. The Bertz CT molecular complexity index is 1970. The lowest BCUT2D eigenvalue weighted by molar-refractivity contribution is -0.146. The molecule has 0 aromatic rings. The number of aliphatic hydroxyl groups is 1. The van der Waals surface area contributed by atoms with Crippen LogP contribution in [0.15, 0.2) is 0 Å². The first-order valence-electron chi connectivity index (χ1n) is 31.3. The summed E-state index contributed by atoms with van der Waals surface area (Å²) in [5, 5.41) is 58.7. The summed E-state index contributed by atoms with van der Waals surface area (Å²) in [6.45, 7) is 9.51. The van der Waals surface area contributed by atoms with E-state index in [9.17, 15) is 72.9 Å². The van der Waals surface area contributed by atoms with Crippen molar-refractivity contribution in [2.24, 2.45) is 11.1 Å². The molecular weight excluding hydrogens is 1200 g/mol. The fraction of sp³-hybridized carbons (Fsp3) is 0.800. The van der Waals surface area contributed by atoms with E-state index in [1.54, 1.807) is 20.8 Å². The van der Waals surface area contributed by atoms with E-state index in [1.165, 1.54) is 57.8 Å². The number of amides is 7. The van der Waals surface area contributed by atoms with Crippen LogP contribution in [0.25, 0.3) is 0 Å². The number of ether oxygens (including phenoxy) is 4. The third-order valence-corrected chi connectivity index (χ3v) is 12.9. The van der Waals surface area contributed by atoms with Gasteiger partial charge in [0.1, 0.15) is 37.6 Å². The number of aliphatic carboxylic acids is 4. The second-order valence-corrected chi connectivity index (χ2v) is 22.1. The molecule has 30 heteroatoms. The molecule has 0 heterocycles. The SMILES string of the molecule is CC(C)(C)C(=O)O.CCC.CO.NC(=O)C(CCCCNC(=O)CCC(NC(=O)CC[C@H](NC(=O)COCCOCCNC(=O)COCCOCCNC(=O)CCC(NC(=O)CCCCCCCCCCCCCCCCC=O)C(=O)O)C(=O)O)C(=O)O)NS. The Balaban J connectivity index is -0.00000281. The van der Waals surface area contributed by atoms with Crippen LogP contribution in [0, 0.1) is 5.41 Å². The van der Waals surface area contributed by atoms with Crippen LogP contribution in [0.1, 0.15) is 202 Å². The number of nitrogens with two attached hydrogens (primary N) is 1. The second-order valence-electron chi connectivity index (χ2n) is 21.9. The van der Waals surface area contributed by atoms with Crippen molar-refractivity contribution in [2.45, 2.75) is 226 Å². The van der Waals surface area contributed by atoms with Crippen LogP contribution in [0.3, 0.4) is 0 Å². The molecule has 0 radical (unpaired) electrons. The van der Waals surface area contributed by atoms with E-state index in [2.05, 4.69) is 63.3 Å². The number of carbonyl (C=O) groups is 12. The minimum atomic E-state index is -1.49. The van der Waals surface area contributed by atoms with Gasteiger partial charge in [-0.25, -0.2) is 14.4 Å². The number of thiol groups is 1. The molecule has 0 aliphatic heterocycles. The number of aldehydes is 1. The molecule has 0 bridgehead atoms. The van der Waals surface area contributed by atoms with Crippen molar-refractivity contribution in [2.75, 3.05) is 79.6 Å². The number of nitrogens with one attached hydrogen (secondary N) is 7. The summed E-state index contributed by atoms with van der Waals surface area (Å²) in [5.74, 6) is -8.55. The van der Waals surface area contributed by atoms with Gasteiger partial charge in [-0.1, -0.05) is 110 Å². The lowest BCUT2D eigenvalue weighted by Gasteiger charge is -2.17. The molecule has 0 aliphatic carbocycles. The summed E-state index contributed by atoms with van der Waals surface area (Å²) in [6.07, 6.45) is 18.9. The van der Waals surface area contributed by atoms with Gasteiger partial charge >= 0.3 is 23.9 Å². The average Bonchev–Trinajstić information content (AvgIpc) is 3.06. The van der Waals surface area contributed by atoms with E-state index in [1.807, 2.05) is 0 Å². The maximum absolute atomic E-state index is 12.5. The highest BCUT2D eigenvalue weighted by atomic mass is 32.1. The summed E-state index contributed by atoms with van der Waals surface area (Å²) in [4.78, 5) is 140. The molecule has 0 aromatic heterocycles. The van der Waals surface area contributed by atoms with E-state index in [0.717, 1.165) is 45.5 Å².